The molecule has 4 rings (SSSR count). The number of fused-ring (bicyclic) bond motifs is 3. The highest BCUT2D eigenvalue weighted by molar-refractivity contribution is 6.17. The van der Waals surface area contributed by atoms with E-state index >= 15 is 0 Å². The Bertz CT molecular complexity index is 1310. The molecule has 0 saturated carbocycles. The van der Waals surface area contributed by atoms with Crippen molar-refractivity contribution >= 4 is 16.9 Å². The van der Waals surface area contributed by atoms with Gasteiger partial charge in [0.1, 0.15) is 11.6 Å². The van der Waals surface area contributed by atoms with Crippen LogP contribution in [0, 0.1) is 18.3 Å². The molecule has 0 bridgehead atoms. The Labute approximate surface area is 167 Å². The Hall–Kier alpha value is -3.91. The molecular weight excluding hydrogens is 364 g/mol. The van der Waals surface area contributed by atoms with Crippen LogP contribution in [-0.2, 0) is 4.74 Å². The summed E-state index contributed by atoms with van der Waals surface area (Å²) < 4.78 is 7.06. The van der Waals surface area contributed by atoms with Crippen molar-refractivity contribution < 1.29 is 9.53 Å². The molecular formula is C24H18N2O3. The Morgan fingerprint density at radius 2 is 1.76 bits per heavy atom. The smallest absolute Gasteiger partial charge is 0.340 e. The molecule has 0 spiro atoms. The van der Waals surface area contributed by atoms with E-state index in [-0.39, 0.29) is 12.2 Å². The molecule has 0 saturated heterocycles. The average molecular weight is 382 g/mol. The zero-order valence-electron chi connectivity index (χ0n) is 16.1. The van der Waals surface area contributed by atoms with Gasteiger partial charge in [-0.2, -0.15) is 5.26 Å². The molecule has 5 nitrogen and oxygen atoms in total. The molecule has 0 N–H and O–H groups in total. The van der Waals surface area contributed by atoms with Gasteiger partial charge in [0.15, 0.2) is 0 Å². The lowest BCUT2D eigenvalue weighted by Crippen LogP contribution is -2.13. The van der Waals surface area contributed by atoms with Crippen LogP contribution in [-0.4, -0.2) is 17.1 Å². The zero-order chi connectivity index (χ0) is 20.5. The number of aryl methyl sites for hydroxylation is 1. The third kappa shape index (κ3) is 2.95. The predicted molar refractivity (Wildman–Crippen MR) is 112 cm³/mol. The van der Waals surface area contributed by atoms with Crippen molar-refractivity contribution in [1.82, 2.24) is 4.57 Å². The highest BCUT2D eigenvalue weighted by Gasteiger charge is 2.28. The van der Waals surface area contributed by atoms with E-state index in [2.05, 4.69) is 0 Å². The van der Waals surface area contributed by atoms with Gasteiger partial charge >= 0.3 is 5.97 Å². The molecule has 2 aromatic rings. The van der Waals surface area contributed by atoms with Gasteiger partial charge in [0.2, 0.25) is 5.43 Å². The first-order chi connectivity index (χ1) is 14.1. The van der Waals surface area contributed by atoms with E-state index in [1.807, 2.05) is 55.5 Å². The van der Waals surface area contributed by atoms with Gasteiger partial charge in [0, 0.05) is 11.9 Å². The maximum Gasteiger partial charge on any atom is 0.340 e. The number of aromatic nitrogens is 1. The summed E-state index contributed by atoms with van der Waals surface area (Å²) >= 11 is 0. The maximum atomic E-state index is 13.1. The largest absolute Gasteiger partial charge is 0.462 e. The van der Waals surface area contributed by atoms with Crippen LogP contribution >= 0.6 is 0 Å². The van der Waals surface area contributed by atoms with Crippen molar-refractivity contribution in [2.45, 2.75) is 13.8 Å². The van der Waals surface area contributed by atoms with Crippen molar-refractivity contribution in [2.24, 2.45) is 0 Å². The van der Waals surface area contributed by atoms with Crippen LogP contribution in [0.4, 0.5) is 0 Å². The van der Waals surface area contributed by atoms with Gasteiger partial charge in [-0.1, -0.05) is 48.0 Å². The zero-order valence-corrected chi connectivity index (χ0v) is 16.1. The van der Waals surface area contributed by atoms with Gasteiger partial charge in [0.05, 0.1) is 23.1 Å². The first-order valence-corrected chi connectivity index (χ1v) is 9.31. The van der Waals surface area contributed by atoms with Crippen LogP contribution in [0.1, 0.15) is 28.4 Å². The Morgan fingerprint density at radius 3 is 2.41 bits per heavy atom. The van der Waals surface area contributed by atoms with Gasteiger partial charge in [-0.3, -0.25) is 4.79 Å². The normalized spacial score (nSPS) is 10.8. The van der Waals surface area contributed by atoms with Gasteiger partial charge in [-0.05, 0) is 37.1 Å². The van der Waals surface area contributed by atoms with Crippen LogP contribution in [0.5, 0.6) is 0 Å². The molecule has 2 aliphatic carbocycles. The summed E-state index contributed by atoms with van der Waals surface area (Å²) in [6, 6.07) is 18.7. The molecule has 2 aliphatic rings. The number of esters is 1. The first-order valence-electron chi connectivity index (χ1n) is 9.31. The second-order valence-electron chi connectivity index (χ2n) is 6.75. The number of hydrogen-bond donors (Lipinski definition) is 0. The van der Waals surface area contributed by atoms with Crippen molar-refractivity contribution in [3.05, 3.63) is 87.7 Å². The third-order valence-electron chi connectivity index (χ3n) is 4.93. The van der Waals surface area contributed by atoms with E-state index in [1.54, 1.807) is 23.6 Å². The van der Waals surface area contributed by atoms with Crippen LogP contribution in [0.3, 0.4) is 0 Å². The molecule has 1 aromatic carbocycles. The summed E-state index contributed by atoms with van der Waals surface area (Å²) in [5.41, 5.74) is 3.49. The number of nitrogens with zero attached hydrogens (tertiary/aromatic N) is 2. The molecule has 1 aromatic heterocycles. The molecule has 0 atom stereocenters. The SMILES string of the molecule is CCOC(=O)c1c2cccccc-2c2c(=O)c(C#N)cn(-c3ccc(C)cc3)c12. The second kappa shape index (κ2) is 7.25. The lowest BCUT2D eigenvalue weighted by atomic mass is 10.1. The van der Waals surface area contributed by atoms with Crippen LogP contribution < -0.4 is 5.43 Å². The summed E-state index contributed by atoms with van der Waals surface area (Å²) in [4.78, 5) is 26.1. The minimum atomic E-state index is -0.497. The molecule has 0 aliphatic heterocycles. The highest BCUT2D eigenvalue weighted by Crippen LogP contribution is 2.38. The molecule has 0 fully saturated rings. The number of ether oxygens (including phenoxy) is 1. The molecule has 0 unspecified atom stereocenters. The van der Waals surface area contributed by atoms with E-state index in [1.165, 1.54) is 6.20 Å². The summed E-state index contributed by atoms with van der Waals surface area (Å²) in [5, 5.41) is 9.91. The fourth-order valence-electron chi connectivity index (χ4n) is 3.62. The number of rotatable bonds is 3. The fraction of sp³-hybridized carbons (Fsp3) is 0.125. The average Bonchev–Trinajstić information content (AvgIpc) is 2.86. The Morgan fingerprint density at radius 1 is 1.07 bits per heavy atom. The lowest BCUT2D eigenvalue weighted by molar-refractivity contribution is 0.0529. The summed E-state index contributed by atoms with van der Waals surface area (Å²) in [6.07, 6.45) is 1.50. The van der Waals surface area contributed by atoms with Crippen LogP contribution in [0.15, 0.2) is 65.6 Å². The quantitative estimate of drug-likeness (QED) is 0.491. The predicted octanol–water partition coefficient (Wildman–Crippen LogP) is 4.45. The van der Waals surface area contributed by atoms with Crippen molar-refractivity contribution in [3.8, 4) is 22.9 Å². The lowest BCUT2D eigenvalue weighted by Gasteiger charge is -2.12. The Balaban J connectivity index is 2.25. The number of carbonyl (C=O) groups is 1. The van der Waals surface area contributed by atoms with E-state index in [0.717, 1.165) is 11.3 Å². The molecule has 5 heteroatoms. The molecule has 142 valence electrons. The summed E-state index contributed by atoms with van der Waals surface area (Å²) in [7, 11) is 0. The Kier molecular flexibility index (Phi) is 4.61. The van der Waals surface area contributed by atoms with E-state index in [9.17, 15) is 14.9 Å². The monoisotopic (exact) mass is 382 g/mol. The standard InChI is InChI=1S/C24H18N2O3/c1-3-29-24(28)21-19-8-6-4-5-7-18(19)20-22(21)26(14-16(13-25)23(20)27)17-11-9-15(2)10-12-17/h4-12,14H,3H2,1-2H3. The van der Waals surface area contributed by atoms with Gasteiger partial charge in [-0.15, -0.1) is 0 Å². The first kappa shape index (κ1) is 18.5. The topological polar surface area (TPSA) is 72.1 Å². The van der Waals surface area contributed by atoms with Crippen molar-refractivity contribution in [1.29, 1.82) is 5.26 Å². The molecule has 0 amide bonds. The number of pyridine rings is 1. The fourth-order valence-corrected chi connectivity index (χ4v) is 3.62. The molecule has 29 heavy (non-hydrogen) atoms. The third-order valence-corrected chi connectivity index (χ3v) is 4.93. The molecule has 1 heterocycles. The number of benzene rings is 1. The number of nitriles is 1. The van der Waals surface area contributed by atoms with Crippen LogP contribution in [0.25, 0.3) is 27.7 Å². The summed E-state index contributed by atoms with van der Waals surface area (Å²) in [5.74, 6) is -0.497. The minimum absolute atomic E-state index is 0.0203. The summed E-state index contributed by atoms with van der Waals surface area (Å²) in [6.45, 7) is 3.94. The number of hydrogen-bond acceptors (Lipinski definition) is 4. The van der Waals surface area contributed by atoms with E-state index in [4.69, 9.17) is 4.74 Å². The van der Waals surface area contributed by atoms with Gasteiger partial charge in [0.25, 0.3) is 0 Å². The van der Waals surface area contributed by atoms with Crippen molar-refractivity contribution in [3.63, 3.8) is 0 Å². The highest BCUT2D eigenvalue weighted by atomic mass is 16.5. The second-order valence-corrected chi connectivity index (χ2v) is 6.75. The number of carbonyl (C=O) groups excluding carboxylic acids is 1. The van der Waals surface area contributed by atoms with Crippen LogP contribution in [0.2, 0.25) is 0 Å². The van der Waals surface area contributed by atoms with E-state index < -0.39 is 11.4 Å². The van der Waals surface area contributed by atoms with Gasteiger partial charge in [-0.25, -0.2) is 4.79 Å². The maximum absolute atomic E-state index is 13.1. The minimum Gasteiger partial charge on any atom is -0.462 e. The molecule has 0 radical (unpaired) electrons. The van der Waals surface area contributed by atoms with Gasteiger partial charge < -0.3 is 9.30 Å². The van der Waals surface area contributed by atoms with Crippen molar-refractivity contribution in [2.75, 3.05) is 6.61 Å². The van der Waals surface area contributed by atoms with E-state index in [0.29, 0.717) is 27.6 Å².